The summed E-state index contributed by atoms with van der Waals surface area (Å²) in [6.45, 7) is 2.20. The Morgan fingerprint density at radius 3 is 2.47 bits per heavy atom. The molecule has 0 radical (unpaired) electrons. The van der Waals surface area contributed by atoms with Crippen LogP contribution in [0.1, 0.15) is 37.2 Å². The minimum atomic E-state index is -2.42. The van der Waals surface area contributed by atoms with Gasteiger partial charge in [0.2, 0.25) is 5.92 Å². The van der Waals surface area contributed by atoms with Crippen molar-refractivity contribution in [3.05, 3.63) is 29.8 Å². The molecule has 0 N–H and O–H groups in total. The second-order valence-electron chi connectivity index (χ2n) is 5.25. The molecule has 1 saturated carbocycles. The van der Waals surface area contributed by atoms with Gasteiger partial charge in [-0.2, -0.15) is 0 Å². The van der Waals surface area contributed by atoms with Crippen molar-refractivity contribution < 1.29 is 8.78 Å². The highest BCUT2D eigenvalue weighted by molar-refractivity contribution is 5.50. The van der Waals surface area contributed by atoms with Gasteiger partial charge in [0.1, 0.15) is 0 Å². The molecule has 3 heteroatoms. The highest BCUT2D eigenvalue weighted by atomic mass is 19.3. The molecular weight excluding hydrogens is 220 g/mol. The van der Waals surface area contributed by atoms with Gasteiger partial charge in [-0.15, -0.1) is 0 Å². The van der Waals surface area contributed by atoms with Crippen LogP contribution < -0.4 is 4.90 Å². The Morgan fingerprint density at radius 2 is 1.82 bits per heavy atom. The highest BCUT2D eigenvalue weighted by Gasteiger charge is 2.45. The van der Waals surface area contributed by atoms with Crippen LogP contribution >= 0.6 is 0 Å². The fourth-order valence-electron chi connectivity index (χ4n) is 2.85. The molecule has 0 bridgehead atoms. The van der Waals surface area contributed by atoms with E-state index in [9.17, 15) is 8.78 Å². The molecule has 0 amide bonds. The van der Waals surface area contributed by atoms with Gasteiger partial charge in [-0.1, -0.05) is 12.1 Å². The van der Waals surface area contributed by atoms with E-state index in [2.05, 4.69) is 17.0 Å². The zero-order chi connectivity index (χ0) is 11.9. The maximum Gasteiger partial charge on any atom is 0.249 e. The molecule has 0 unspecified atom stereocenters. The molecule has 1 saturated heterocycles. The van der Waals surface area contributed by atoms with Gasteiger partial charge < -0.3 is 4.90 Å². The van der Waals surface area contributed by atoms with E-state index in [1.807, 2.05) is 12.1 Å². The molecule has 1 nitrogen and oxygen atoms in total. The van der Waals surface area contributed by atoms with Gasteiger partial charge in [-0.05, 0) is 36.5 Å². The molecule has 2 aliphatic rings. The standard InChI is InChI=1S/C14H17F2N/c15-14(16)9-12(10-14)11-4-3-5-13(8-11)17-6-1-2-7-17/h3-5,8,12H,1-2,6-7,9-10H2. The summed E-state index contributed by atoms with van der Waals surface area (Å²) in [7, 11) is 0. The van der Waals surface area contributed by atoms with Gasteiger partial charge >= 0.3 is 0 Å². The van der Waals surface area contributed by atoms with Crippen molar-refractivity contribution in [3.8, 4) is 0 Å². The summed E-state index contributed by atoms with van der Waals surface area (Å²) in [6, 6.07) is 8.18. The maximum atomic E-state index is 12.9. The summed E-state index contributed by atoms with van der Waals surface area (Å²) in [5.74, 6) is -2.36. The van der Waals surface area contributed by atoms with Crippen molar-refractivity contribution in [2.45, 2.75) is 37.5 Å². The van der Waals surface area contributed by atoms with E-state index in [0.29, 0.717) is 0 Å². The first-order chi connectivity index (χ1) is 8.14. The van der Waals surface area contributed by atoms with Crippen LogP contribution in [0.5, 0.6) is 0 Å². The van der Waals surface area contributed by atoms with Crippen molar-refractivity contribution >= 4 is 5.69 Å². The SMILES string of the molecule is FC1(F)CC(c2cccc(N3CCCC3)c2)C1. The van der Waals surface area contributed by atoms with Crippen molar-refractivity contribution in [2.75, 3.05) is 18.0 Å². The average Bonchev–Trinajstić information content (AvgIpc) is 2.79. The van der Waals surface area contributed by atoms with Crippen molar-refractivity contribution in [1.29, 1.82) is 0 Å². The lowest BCUT2D eigenvalue weighted by atomic mass is 9.76. The highest BCUT2D eigenvalue weighted by Crippen LogP contribution is 2.48. The first-order valence-corrected chi connectivity index (χ1v) is 6.37. The fourth-order valence-corrected chi connectivity index (χ4v) is 2.85. The minimum Gasteiger partial charge on any atom is -0.372 e. The second kappa shape index (κ2) is 3.97. The van der Waals surface area contributed by atoms with Gasteiger partial charge in [0, 0.05) is 31.6 Å². The molecular formula is C14H17F2N. The summed E-state index contributed by atoms with van der Waals surface area (Å²) in [6.07, 6.45) is 2.53. The number of benzene rings is 1. The Labute approximate surface area is 100 Å². The normalized spacial score (nSPS) is 23.8. The first-order valence-electron chi connectivity index (χ1n) is 6.37. The molecule has 1 aromatic carbocycles. The molecule has 0 spiro atoms. The summed E-state index contributed by atoms with van der Waals surface area (Å²) >= 11 is 0. The third-order valence-corrected chi connectivity index (χ3v) is 3.90. The number of halogens is 2. The summed E-state index contributed by atoms with van der Waals surface area (Å²) < 4.78 is 25.7. The molecule has 3 rings (SSSR count). The second-order valence-corrected chi connectivity index (χ2v) is 5.25. The van der Waals surface area contributed by atoms with Crippen molar-refractivity contribution in [2.24, 2.45) is 0 Å². The Morgan fingerprint density at radius 1 is 1.12 bits per heavy atom. The largest absolute Gasteiger partial charge is 0.372 e. The summed E-state index contributed by atoms with van der Waals surface area (Å²) in [5, 5.41) is 0. The van der Waals surface area contributed by atoms with E-state index in [1.165, 1.54) is 18.5 Å². The van der Waals surface area contributed by atoms with Gasteiger partial charge in [0.15, 0.2) is 0 Å². The molecule has 1 aliphatic carbocycles. The molecule has 2 fully saturated rings. The number of rotatable bonds is 2. The van der Waals surface area contributed by atoms with E-state index < -0.39 is 5.92 Å². The van der Waals surface area contributed by atoms with E-state index in [0.717, 1.165) is 18.7 Å². The average molecular weight is 237 g/mol. The van der Waals surface area contributed by atoms with Crippen LogP contribution in [0, 0.1) is 0 Å². The minimum absolute atomic E-state index is 0.0243. The molecule has 92 valence electrons. The van der Waals surface area contributed by atoms with Crippen LogP contribution in [0.15, 0.2) is 24.3 Å². The van der Waals surface area contributed by atoms with Crippen LogP contribution in [0.2, 0.25) is 0 Å². The van der Waals surface area contributed by atoms with Gasteiger partial charge in [-0.3, -0.25) is 0 Å². The fraction of sp³-hybridized carbons (Fsp3) is 0.571. The predicted octanol–water partition coefficient (Wildman–Crippen LogP) is 3.80. The van der Waals surface area contributed by atoms with Crippen LogP contribution in [0.4, 0.5) is 14.5 Å². The van der Waals surface area contributed by atoms with Crippen LogP contribution in [-0.4, -0.2) is 19.0 Å². The maximum absolute atomic E-state index is 12.9. The van der Waals surface area contributed by atoms with E-state index in [-0.39, 0.29) is 18.8 Å². The summed E-state index contributed by atoms with van der Waals surface area (Å²) in [5.41, 5.74) is 2.29. The van der Waals surface area contributed by atoms with Gasteiger partial charge in [-0.25, -0.2) is 8.78 Å². The Balaban J connectivity index is 1.75. The monoisotopic (exact) mass is 237 g/mol. The Bertz CT molecular complexity index is 402. The number of hydrogen-bond donors (Lipinski definition) is 0. The van der Waals surface area contributed by atoms with E-state index >= 15 is 0 Å². The quantitative estimate of drug-likeness (QED) is 0.756. The number of alkyl halides is 2. The first kappa shape index (κ1) is 11.0. The zero-order valence-corrected chi connectivity index (χ0v) is 9.83. The van der Waals surface area contributed by atoms with Gasteiger partial charge in [0.25, 0.3) is 0 Å². The lowest BCUT2D eigenvalue weighted by Gasteiger charge is -2.35. The lowest BCUT2D eigenvalue weighted by Crippen LogP contribution is -2.33. The van der Waals surface area contributed by atoms with Gasteiger partial charge in [0.05, 0.1) is 0 Å². The Kier molecular flexibility index (Phi) is 2.57. The van der Waals surface area contributed by atoms with Crippen LogP contribution in [-0.2, 0) is 0 Å². The molecule has 1 aliphatic heterocycles. The molecule has 17 heavy (non-hydrogen) atoms. The van der Waals surface area contributed by atoms with E-state index in [4.69, 9.17) is 0 Å². The van der Waals surface area contributed by atoms with Crippen LogP contribution in [0.3, 0.4) is 0 Å². The molecule has 1 heterocycles. The molecule has 0 atom stereocenters. The zero-order valence-electron chi connectivity index (χ0n) is 9.83. The number of hydrogen-bond acceptors (Lipinski definition) is 1. The topological polar surface area (TPSA) is 3.24 Å². The summed E-state index contributed by atoms with van der Waals surface area (Å²) in [4.78, 5) is 2.35. The van der Waals surface area contributed by atoms with Crippen molar-refractivity contribution in [1.82, 2.24) is 0 Å². The predicted molar refractivity (Wildman–Crippen MR) is 64.8 cm³/mol. The third kappa shape index (κ3) is 2.15. The third-order valence-electron chi connectivity index (χ3n) is 3.90. The Hall–Kier alpha value is -1.12. The smallest absolute Gasteiger partial charge is 0.249 e. The van der Waals surface area contributed by atoms with Crippen LogP contribution in [0.25, 0.3) is 0 Å². The lowest BCUT2D eigenvalue weighted by molar-refractivity contribution is -0.0867. The number of anilines is 1. The molecule has 1 aromatic rings. The molecule has 0 aromatic heterocycles. The van der Waals surface area contributed by atoms with E-state index in [1.54, 1.807) is 0 Å². The van der Waals surface area contributed by atoms with Crippen molar-refractivity contribution in [3.63, 3.8) is 0 Å². The number of nitrogens with zero attached hydrogens (tertiary/aromatic N) is 1.